The van der Waals surface area contributed by atoms with Gasteiger partial charge in [0.1, 0.15) is 5.69 Å². The normalized spacial score (nSPS) is 19.6. The van der Waals surface area contributed by atoms with Crippen molar-refractivity contribution >= 4 is 5.91 Å². The van der Waals surface area contributed by atoms with Gasteiger partial charge in [0, 0.05) is 49.7 Å². The van der Waals surface area contributed by atoms with Gasteiger partial charge in [0.25, 0.3) is 0 Å². The van der Waals surface area contributed by atoms with Crippen molar-refractivity contribution in [3.63, 3.8) is 0 Å². The van der Waals surface area contributed by atoms with E-state index in [0.29, 0.717) is 17.7 Å². The Balaban J connectivity index is 1.47. The van der Waals surface area contributed by atoms with Crippen LogP contribution in [0.5, 0.6) is 0 Å². The van der Waals surface area contributed by atoms with Crippen LogP contribution in [0.25, 0.3) is 11.5 Å². The topological polar surface area (TPSA) is 74.8 Å². The summed E-state index contributed by atoms with van der Waals surface area (Å²) >= 11 is 0. The molecule has 23 heavy (non-hydrogen) atoms. The Hall–Kier alpha value is -2.24. The smallest absolute Gasteiger partial charge is 0.225 e. The number of imidazole rings is 1. The van der Waals surface area contributed by atoms with Gasteiger partial charge in [-0.25, -0.2) is 9.97 Å². The minimum atomic E-state index is 0.293. The number of likely N-dealkylation sites (tertiary alicyclic amines) is 1. The standard InChI is InChI=1S/C17H21N5O/c23-17(13-2-1-3-13)22-10-4-12(5-11-22)14-15(19-7-6-18-14)16-20-8-9-21-16/h6-9,12-13H,1-5,10-11H2,(H,20,21). The number of aromatic amines is 1. The molecule has 0 unspecified atom stereocenters. The van der Waals surface area contributed by atoms with Crippen molar-refractivity contribution < 1.29 is 4.79 Å². The second kappa shape index (κ2) is 6.10. The summed E-state index contributed by atoms with van der Waals surface area (Å²) in [5, 5.41) is 0. The van der Waals surface area contributed by atoms with Crippen molar-refractivity contribution in [2.24, 2.45) is 5.92 Å². The molecule has 1 aliphatic carbocycles. The van der Waals surface area contributed by atoms with Crippen LogP contribution in [0.4, 0.5) is 0 Å². The first-order valence-corrected chi connectivity index (χ1v) is 8.42. The fourth-order valence-electron chi connectivity index (χ4n) is 3.51. The number of nitrogens with zero attached hydrogens (tertiary/aromatic N) is 4. The van der Waals surface area contributed by atoms with Crippen molar-refractivity contribution in [3.8, 4) is 11.5 Å². The second-order valence-electron chi connectivity index (χ2n) is 6.46. The minimum absolute atomic E-state index is 0.293. The Morgan fingerprint density at radius 1 is 1.04 bits per heavy atom. The molecule has 0 atom stereocenters. The van der Waals surface area contributed by atoms with E-state index in [1.165, 1.54) is 6.42 Å². The highest BCUT2D eigenvalue weighted by atomic mass is 16.2. The summed E-state index contributed by atoms with van der Waals surface area (Å²) in [5.74, 6) is 1.76. The molecule has 2 aromatic rings. The molecule has 1 saturated heterocycles. The summed E-state index contributed by atoms with van der Waals surface area (Å²) < 4.78 is 0. The lowest BCUT2D eigenvalue weighted by atomic mass is 9.83. The maximum absolute atomic E-state index is 12.4. The molecule has 0 spiro atoms. The van der Waals surface area contributed by atoms with Crippen molar-refractivity contribution in [1.82, 2.24) is 24.8 Å². The molecule has 4 rings (SSSR count). The molecule has 0 radical (unpaired) electrons. The Morgan fingerprint density at radius 3 is 2.48 bits per heavy atom. The Bertz CT molecular complexity index is 672. The largest absolute Gasteiger partial charge is 0.343 e. The first-order chi connectivity index (χ1) is 11.3. The zero-order valence-electron chi connectivity index (χ0n) is 13.1. The van der Waals surface area contributed by atoms with Gasteiger partial charge in [-0.15, -0.1) is 0 Å². The number of aromatic nitrogens is 4. The maximum atomic E-state index is 12.4. The molecule has 2 aromatic heterocycles. The Labute approximate surface area is 135 Å². The highest BCUT2D eigenvalue weighted by Gasteiger charge is 2.33. The maximum Gasteiger partial charge on any atom is 0.225 e. The van der Waals surface area contributed by atoms with E-state index in [9.17, 15) is 4.79 Å². The molecule has 3 heterocycles. The lowest BCUT2D eigenvalue weighted by molar-refractivity contribution is -0.139. The number of carbonyl (C=O) groups excluding carboxylic acids is 1. The monoisotopic (exact) mass is 311 g/mol. The lowest BCUT2D eigenvalue weighted by Gasteiger charge is -2.36. The van der Waals surface area contributed by atoms with Gasteiger partial charge in [-0.05, 0) is 25.7 Å². The van der Waals surface area contributed by atoms with Gasteiger partial charge in [-0.2, -0.15) is 0 Å². The van der Waals surface area contributed by atoms with Crippen LogP contribution in [-0.2, 0) is 4.79 Å². The van der Waals surface area contributed by atoms with Gasteiger partial charge in [0.15, 0.2) is 5.82 Å². The van der Waals surface area contributed by atoms with E-state index in [2.05, 4.69) is 19.9 Å². The van der Waals surface area contributed by atoms with Crippen LogP contribution in [0.1, 0.15) is 43.7 Å². The van der Waals surface area contributed by atoms with Crippen LogP contribution in [0.15, 0.2) is 24.8 Å². The molecule has 120 valence electrons. The van der Waals surface area contributed by atoms with Gasteiger partial charge in [-0.3, -0.25) is 9.78 Å². The molecule has 1 amide bonds. The van der Waals surface area contributed by atoms with Gasteiger partial charge < -0.3 is 9.88 Å². The molecule has 2 aliphatic rings. The number of nitrogens with one attached hydrogen (secondary N) is 1. The van der Waals surface area contributed by atoms with Crippen LogP contribution in [-0.4, -0.2) is 43.8 Å². The first-order valence-electron chi connectivity index (χ1n) is 8.42. The molecule has 1 saturated carbocycles. The van der Waals surface area contributed by atoms with E-state index in [0.717, 1.165) is 56.0 Å². The van der Waals surface area contributed by atoms with Gasteiger partial charge in [-0.1, -0.05) is 6.42 Å². The van der Waals surface area contributed by atoms with Crippen molar-refractivity contribution in [2.75, 3.05) is 13.1 Å². The molecule has 6 nitrogen and oxygen atoms in total. The van der Waals surface area contributed by atoms with Gasteiger partial charge >= 0.3 is 0 Å². The minimum Gasteiger partial charge on any atom is -0.343 e. The summed E-state index contributed by atoms with van der Waals surface area (Å²) in [4.78, 5) is 30.9. The highest BCUT2D eigenvalue weighted by molar-refractivity contribution is 5.79. The van der Waals surface area contributed by atoms with Crippen LogP contribution in [0.3, 0.4) is 0 Å². The molecule has 6 heteroatoms. The molecular weight excluding hydrogens is 290 g/mol. The van der Waals surface area contributed by atoms with Crippen molar-refractivity contribution in [1.29, 1.82) is 0 Å². The molecule has 1 aliphatic heterocycles. The average Bonchev–Trinajstić information content (AvgIpc) is 3.08. The molecule has 0 aromatic carbocycles. The van der Waals surface area contributed by atoms with E-state index in [-0.39, 0.29) is 0 Å². The van der Waals surface area contributed by atoms with Gasteiger partial charge in [0.2, 0.25) is 5.91 Å². The summed E-state index contributed by atoms with van der Waals surface area (Å²) in [6, 6.07) is 0. The molecule has 2 fully saturated rings. The number of amides is 1. The number of hydrogen-bond acceptors (Lipinski definition) is 4. The lowest BCUT2D eigenvalue weighted by Crippen LogP contribution is -2.43. The molecular formula is C17H21N5O. The van der Waals surface area contributed by atoms with Crippen LogP contribution in [0, 0.1) is 5.92 Å². The third-order valence-electron chi connectivity index (χ3n) is 5.10. The van der Waals surface area contributed by atoms with Crippen molar-refractivity contribution in [3.05, 3.63) is 30.5 Å². The molecule has 1 N–H and O–H groups in total. The predicted molar refractivity (Wildman–Crippen MR) is 85.5 cm³/mol. The molecule has 0 bridgehead atoms. The number of rotatable bonds is 3. The third kappa shape index (κ3) is 2.73. The Kier molecular flexibility index (Phi) is 3.81. The summed E-state index contributed by atoms with van der Waals surface area (Å²) in [6.07, 6.45) is 12.2. The quantitative estimate of drug-likeness (QED) is 0.944. The van der Waals surface area contributed by atoms with Crippen LogP contribution in [0.2, 0.25) is 0 Å². The van der Waals surface area contributed by atoms with Crippen LogP contribution >= 0.6 is 0 Å². The fraction of sp³-hybridized carbons (Fsp3) is 0.529. The van der Waals surface area contributed by atoms with Crippen molar-refractivity contribution in [2.45, 2.75) is 38.0 Å². The average molecular weight is 311 g/mol. The summed E-state index contributed by atoms with van der Waals surface area (Å²) in [7, 11) is 0. The predicted octanol–water partition coefficient (Wildman–Crippen LogP) is 2.37. The summed E-state index contributed by atoms with van der Waals surface area (Å²) in [5.41, 5.74) is 1.83. The Morgan fingerprint density at radius 2 is 1.83 bits per heavy atom. The number of H-pyrrole nitrogens is 1. The second-order valence-corrected chi connectivity index (χ2v) is 6.46. The zero-order valence-corrected chi connectivity index (χ0v) is 13.1. The highest BCUT2D eigenvalue weighted by Crippen LogP contribution is 2.34. The van der Waals surface area contributed by atoms with E-state index in [1.807, 2.05) is 4.90 Å². The summed E-state index contributed by atoms with van der Waals surface area (Å²) in [6.45, 7) is 1.66. The number of hydrogen-bond donors (Lipinski definition) is 1. The first kappa shape index (κ1) is 14.4. The fourth-order valence-corrected chi connectivity index (χ4v) is 3.51. The van der Waals surface area contributed by atoms with Crippen LogP contribution < -0.4 is 0 Å². The number of piperidine rings is 1. The van der Waals surface area contributed by atoms with E-state index >= 15 is 0 Å². The SMILES string of the molecule is O=C(C1CCC1)N1CCC(c2nccnc2-c2ncc[nH]2)CC1. The van der Waals surface area contributed by atoms with E-state index < -0.39 is 0 Å². The van der Waals surface area contributed by atoms with E-state index in [4.69, 9.17) is 0 Å². The number of carbonyl (C=O) groups is 1. The van der Waals surface area contributed by atoms with E-state index in [1.54, 1.807) is 24.8 Å². The van der Waals surface area contributed by atoms with Gasteiger partial charge in [0.05, 0.1) is 5.69 Å². The zero-order chi connectivity index (χ0) is 15.6. The third-order valence-corrected chi connectivity index (χ3v) is 5.10.